The summed E-state index contributed by atoms with van der Waals surface area (Å²) >= 11 is 8.64. The molecule has 0 N–H and O–H groups in total. The molecule has 1 atom stereocenters. The quantitative estimate of drug-likeness (QED) is 0.0674. The summed E-state index contributed by atoms with van der Waals surface area (Å²) in [6, 6.07) is 0. The normalized spacial score (nSPS) is 12.8. The molecule has 0 aliphatic carbocycles. The van der Waals surface area contributed by atoms with Crippen LogP contribution in [0.2, 0.25) is 0 Å². The summed E-state index contributed by atoms with van der Waals surface area (Å²) < 4.78 is 1.23. The van der Waals surface area contributed by atoms with E-state index in [0.717, 1.165) is 0 Å². The van der Waals surface area contributed by atoms with Gasteiger partial charge in [0.15, 0.2) is 0 Å². The molecule has 0 spiro atoms. The highest BCUT2D eigenvalue weighted by Crippen LogP contribution is 2.42. The topological polar surface area (TPSA) is 0 Å². The van der Waals surface area contributed by atoms with E-state index in [1.807, 2.05) is 37.4 Å². The zero-order valence-electron chi connectivity index (χ0n) is 33.5. The molecule has 0 saturated carbocycles. The summed E-state index contributed by atoms with van der Waals surface area (Å²) in [7, 11) is 0. The van der Waals surface area contributed by atoms with Gasteiger partial charge in [-0.3, -0.25) is 0 Å². The van der Waals surface area contributed by atoms with Gasteiger partial charge in [0.2, 0.25) is 0 Å². The highest BCUT2D eigenvalue weighted by Gasteiger charge is 2.27. The minimum Gasteiger partial charge on any atom is -0.137 e. The molecule has 0 aromatic rings. The Bertz CT molecular complexity index is 576. The number of thioether (sulfide) groups is 2. The largest absolute Gasteiger partial charge is 0.137 e. The fraction of sp³-hybridized carbons (Fsp3) is 0.905. The molecule has 274 valence electrons. The monoisotopic (exact) mass is 689 g/mol. The smallest absolute Gasteiger partial charge is 0.0332 e. The van der Waals surface area contributed by atoms with Gasteiger partial charge in [0.1, 0.15) is 0 Å². The van der Waals surface area contributed by atoms with Gasteiger partial charge in [0, 0.05) is 9.49 Å². The molecule has 45 heavy (non-hydrogen) atoms. The van der Waals surface area contributed by atoms with E-state index in [-0.39, 0.29) is 0 Å². The maximum atomic E-state index is 4.83. The van der Waals surface area contributed by atoms with Crippen LogP contribution in [0.4, 0.5) is 0 Å². The lowest BCUT2D eigenvalue weighted by molar-refractivity contribution is 0.206. The third-order valence-electron chi connectivity index (χ3n) is 8.07. The highest BCUT2D eigenvalue weighted by atomic mass is 32.2. The molecular formula is C42H88S3. The van der Waals surface area contributed by atoms with Crippen LogP contribution in [-0.2, 0) is 0 Å². The molecule has 0 heterocycles. The van der Waals surface area contributed by atoms with Crippen molar-refractivity contribution in [1.82, 2.24) is 0 Å². The van der Waals surface area contributed by atoms with E-state index in [9.17, 15) is 0 Å². The van der Waals surface area contributed by atoms with E-state index < -0.39 is 0 Å². The van der Waals surface area contributed by atoms with Crippen LogP contribution in [0.15, 0.2) is 21.3 Å². The predicted octanol–water partition coefficient (Wildman–Crippen LogP) is 17.6. The second kappa shape index (κ2) is 44.5. The van der Waals surface area contributed by atoms with Crippen molar-refractivity contribution in [1.29, 1.82) is 0 Å². The lowest BCUT2D eigenvalue weighted by Crippen LogP contribution is -2.20. The molecule has 0 aromatic carbocycles. The van der Waals surface area contributed by atoms with Crippen LogP contribution in [0, 0.1) is 5.41 Å². The molecule has 3 heteroatoms. The molecule has 0 bridgehead atoms. The standard InChI is InChI=1S/C31H60S3.C6H14.C3H8.C2H6/c1-7-9-11-13-14-15-16-17-18-20-25-31(24-19-12-10-8-2,26-21-22-29(5)33-6)27-23-30(32)34-28(3)4;1-3-5-6-4-2;1-3-2;1-2/h22-23,28,32H,7-21,24-27H2,1-6H3;3-6H2,1-2H3;3H2,1-2H3;1-2H3/b29-22-,30-23-;;;. The average Bonchev–Trinajstić information content (AvgIpc) is 3.03. The zero-order valence-corrected chi connectivity index (χ0v) is 36.0. The molecular weight excluding hydrogens is 601 g/mol. The minimum atomic E-state index is 0.453. The van der Waals surface area contributed by atoms with Crippen LogP contribution in [-0.4, -0.2) is 11.5 Å². The summed E-state index contributed by atoms with van der Waals surface area (Å²) in [6.07, 6.45) is 40.3. The van der Waals surface area contributed by atoms with E-state index in [2.05, 4.69) is 80.7 Å². The van der Waals surface area contributed by atoms with Gasteiger partial charge in [-0.05, 0) is 55.6 Å². The van der Waals surface area contributed by atoms with Gasteiger partial charge in [0.25, 0.3) is 0 Å². The Morgan fingerprint density at radius 2 is 0.956 bits per heavy atom. The Morgan fingerprint density at radius 1 is 0.600 bits per heavy atom. The molecule has 0 radical (unpaired) electrons. The van der Waals surface area contributed by atoms with Crippen molar-refractivity contribution in [2.45, 2.75) is 236 Å². The van der Waals surface area contributed by atoms with Crippen molar-refractivity contribution >= 4 is 36.2 Å². The molecule has 1 unspecified atom stereocenters. The summed E-state index contributed by atoms with van der Waals surface area (Å²) in [5.74, 6) is 0. The summed E-state index contributed by atoms with van der Waals surface area (Å²) in [5, 5.41) is 0.608. The van der Waals surface area contributed by atoms with Crippen LogP contribution in [0.25, 0.3) is 0 Å². The van der Waals surface area contributed by atoms with Crippen LogP contribution in [0.1, 0.15) is 230 Å². The number of hydrogen-bond acceptors (Lipinski definition) is 3. The van der Waals surface area contributed by atoms with Gasteiger partial charge in [0.05, 0.1) is 0 Å². The number of allylic oxidation sites excluding steroid dienone is 3. The number of unbranched alkanes of at least 4 members (excludes halogenated alkanes) is 15. The zero-order chi connectivity index (χ0) is 35.0. The maximum Gasteiger partial charge on any atom is 0.0332 e. The first-order valence-corrected chi connectivity index (χ1v) is 22.5. The Kier molecular flexibility index (Phi) is 51.8. The fourth-order valence-electron chi connectivity index (χ4n) is 5.35. The lowest BCUT2D eigenvalue weighted by Gasteiger charge is -2.34. The fourth-order valence-corrected chi connectivity index (χ4v) is 7.02. The van der Waals surface area contributed by atoms with Gasteiger partial charge in [-0.15, -0.1) is 36.2 Å². The van der Waals surface area contributed by atoms with E-state index in [4.69, 9.17) is 12.6 Å². The first-order chi connectivity index (χ1) is 21.7. The maximum absolute atomic E-state index is 4.83. The van der Waals surface area contributed by atoms with Crippen LogP contribution in [0.3, 0.4) is 0 Å². The molecule has 0 amide bonds. The van der Waals surface area contributed by atoms with Crippen molar-refractivity contribution < 1.29 is 0 Å². The average molecular weight is 689 g/mol. The Labute approximate surface area is 303 Å². The van der Waals surface area contributed by atoms with E-state index in [0.29, 0.717) is 10.7 Å². The van der Waals surface area contributed by atoms with Crippen LogP contribution < -0.4 is 0 Å². The molecule has 0 aliphatic rings. The number of rotatable bonds is 27. The van der Waals surface area contributed by atoms with Crippen molar-refractivity contribution in [2.24, 2.45) is 5.41 Å². The Hall–Kier alpha value is 0.530. The second-order valence-electron chi connectivity index (χ2n) is 13.1. The SMILES string of the molecule is CC.CCC.CCCCCC.CCCCCCCCCCCCC(C/C=C(/S)SC(C)C)(CC/C=C(/C)SC)CCCCCC. The van der Waals surface area contributed by atoms with E-state index in [1.54, 1.807) is 0 Å². The molecule has 0 nitrogen and oxygen atoms in total. The predicted molar refractivity (Wildman–Crippen MR) is 226 cm³/mol. The van der Waals surface area contributed by atoms with Crippen molar-refractivity contribution in [3.05, 3.63) is 21.3 Å². The van der Waals surface area contributed by atoms with Crippen LogP contribution in [0.5, 0.6) is 0 Å². The summed E-state index contributed by atoms with van der Waals surface area (Å²) in [4.78, 5) is 1.47. The molecule has 0 aliphatic heterocycles. The van der Waals surface area contributed by atoms with Gasteiger partial charge >= 0.3 is 0 Å². The number of thiol groups is 1. The third-order valence-corrected chi connectivity index (χ3v) is 10.3. The second-order valence-corrected chi connectivity index (χ2v) is 16.6. The molecule has 0 rings (SSSR count). The lowest BCUT2D eigenvalue weighted by atomic mass is 9.72. The first-order valence-electron chi connectivity index (χ1n) is 20.0. The summed E-state index contributed by atoms with van der Waals surface area (Å²) in [6.45, 7) is 24.2. The highest BCUT2D eigenvalue weighted by molar-refractivity contribution is 8.15. The van der Waals surface area contributed by atoms with Gasteiger partial charge in [-0.25, -0.2) is 0 Å². The summed E-state index contributed by atoms with van der Waals surface area (Å²) in [5.41, 5.74) is 0.453. The van der Waals surface area contributed by atoms with Crippen LogP contribution >= 0.6 is 36.2 Å². The molecule has 0 saturated heterocycles. The van der Waals surface area contributed by atoms with Gasteiger partial charge in [-0.1, -0.05) is 203 Å². The Morgan fingerprint density at radius 3 is 1.33 bits per heavy atom. The van der Waals surface area contributed by atoms with Gasteiger partial charge < -0.3 is 0 Å². The molecule has 0 aromatic heterocycles. The van der Waals surface area contributed by atoms with Crippen molar-refractivity contribution in [2.75, 3.05) is 6.26 Å². The van der Waals surface area contributed by atoms with Crippen molar-refractivity contribution in [3.63, 3.8) is 0 Å². The minimum absolute atomic E-state index is 0.453. The van der Waals surface area contributed by atoms with Crippen molar-refractivity contribution in [3.8, 4) is 0 Å². The van der Waals surface area contributed by atoms with Gasteiger partial charge in [-0.2, -0.15) is 0 Å². The van der Waals surface area contributed by atoms with E-state index >= 15 is 0 Å². The third kappa shape index (κ3) is 44.5. The first kappa shape index (κ1) is 52.3. The van der Waals surface area contributed by atoms with E-state index in [1.165, 1.54) is 163 Å². The number of hydrogen-bond donors (Lipinski definition) is 1. The molecule has 0 fully saturated rings. The Balaban J connectivity index is -0.000000656.